The van der Waals surface area contributed by atoms with E-state index in [0.29, 0.717) is 0 Å². The van der Waals surface area contributed by atoms with Gasteiger partial charge in [-0.05, 0) is 35.7 Å². The quantitative estimate of drug-likeness (QED) is 0.376. The topological polar surface area (TPSA) is 43.1 Å². The molecule has 0 aliphatic heterocycles. The molecule has 0 saturated carbocycles. The van der Waals surface area contributed by atoms with E-state index in [2.05, 4.69) is 88.4 Å². The maximum atomic E-state index is 4.68. The van der Waals surface area contributed by atoms with Crippen molar-refractivity contribution >= 4 is 33.9 Å². The molecule has 6 heteroatoms. The van der Waals surface area contributed by atoms with Gasteiger partial charge in [0, 0.05) is 16.1 Å². The lowest BCUT2D eigenvalue weighted by molar-refractivity contribution is 0.667. The Hall–Kier alpha value is -1.92. The molecule has 1 aromatic heterocycles. The van der Waals surface area contributed by atoms with Gasteiger partial charge in [-0.25, -0.2) is 0 Å². The van der Waals surface area contributed by atoms with Gasteiger partial charge in [0.05, 0.1) is 6.21 Å². The van der Waals surface area contributed by atoms with Gasteiger partial charge in [-0.1, -0.05) is 77.9 Å². The number of hydrogen-bond acceptors (Lipinski definition) is 4. The highest BCUT2D eigenvalue weighted by Crippen LogP contribution is 2.25. The molecule has 0 N–H and O–H groups in total. The van der Waals surface area contributed by atoms with E-state index >= 15 is 0 Å². The van der Waals surface area contributed by atoms with Gasteiger partial charge in [0.25, 0.3) is 0 Å². The largest absolute Gasteiger partial charge is 0.212 e. The molecule has 1 heterocycles. The van der Waals surface area contributed by atoms with Crippen LogP contribution >= 0.6 is 27.7 Å². The normalized spacial score (nSPS) is 11.6. The Bertz CT molecular complexity index is 900. The molecule has 134 valence electrons. The number of thioether (sulfide) groups is 1. The van der Waals surface area contributed by atoms with E-state index in [4.69, 9.17) is 0 Å². The summed E-state index contributed by atoms with van der Waals surface area (Å²) in [5.41, 5.74) is 3.53. The number of nitrogens with zero attached hydrogens (tertiary/aromatic N) is 4. The standard InChI is InChI=1S/C20H21BrN4S/c1-14(2)19-23-24-20(26-13-16-8-10-18(21)11-9-16)25(19)22-12-17-7-5-4-6-15(17)3/h4-12,14H,13H2,1-3H3/b22-12-. The number of aromatic nitrogens is 3. The van der Waals surface area contributed by atoms with Crippen molar-refractivity contribution in [2.45, 2.75) is 37.6 Å². The molecule has 4 nitrogen and oxygen atoms in total. The zero-order valence-electron chi connectivity index (χ0n) is 15.1. The van der Waals surface area contributed by atoms with Crippen molar-refractivity contribution in [2.24, 2.45) is 5.10 Å². The van der Waals surface area contributed by atoms with Crippen LogP contribution in [-0.2, 0) is 5.75 Å². The molecule has 0 amide bonds. The van der Waals surface area contributed by atoms with Gasteiger partial charge in [0.15, 0.2) is 5.82 Å². The highest BCUT2D eigenvalue weighted by Gasteiger charge is 2.15. The van der Waals surface area contributed by atoms with E-state index in [1.807, 2.05) is 23.0 Å². The van der Waals surface area contributed by atoms with E-state index in [1.165, 1.54) is 11.1 Å². The predicted molar refractivity (Wildman–Crippen MR) is 112 cm³/mol. The van der Waals surface area contributed by atoms with Gasteiger partial charge in [-0.3, -0.25) is 0 Å². The van der Waals surface area contributed by atoms with E-state index in [-0.39, 0.29) is 5.92 Å². The van der Waals surface area contributed by atoms with E-state index in [1.54, 1.807) is 11.8 Å². The van der Waals surface area contributed by atoms with E-state index < -0.39 is 0 Å². The molecule has 0 spiro atoms. The maximum absolute atomic E-state index is 4.68. The van der Waals surface area contributed by atoms with Gasteiger partial charge < -0.3 is 0 Å². The first-order chi connectivity index (χ1) is 12.5. The summed E-state index contributed by atoms with van der Waals surface area (Å²) in [5, 5.41) is 14.2. The molecule has 0 radical (unpaired) electrons. The predicted octanol–water partition coefficient (Wildman–Crippen LogP) is 5.65. The van der Waals surface area contributed by atoms with Crippen molar-refractivity contribution in [3.8, 4) is 0 Å². The average Bonchev–Trinajstić information content (AvgIpc) is 3.04. The first-order valence-corrected chi connectivity index (χ1v) is 10.2. The lowest BCUT2D eigenvalue weighted by Crippen LogP contribution is -2.02. The maximum Gasteiger partial charge on any atom is 0.212 e. The van der Waals surface area contributed by atoms with Crippen molar-refractivity contribution in [3.05, 3.63) is 75.5 Å². The highest BCUT2D eigenvalue weighted by molar-refractivity contribution is 9.10. The molecule has 0 aliphatic carbocycles. The first-order valence-electron chi connectivity index (χ1n) is 8.47. The lowest BCUT2D eigenvalue weighted by Gasteiger charge is -2.07. The number of halogens is 1. The van der Waals surface area contributed by atoms with Crippen molar-refractivity contribution < 1.29 is 0 Å². The fourth-order valence-corrected chi connectivity index (χ4v) is 3.53. The third-order valence-corrected chi connectivity index (χ3v) is 5.45. The Labute approximate surface area is 166 Å². The molecule has 3 rings (SSSR count). The van der Waals surface area contributed by atoms with Crippen LogP contribution in [0.1, 0.15) is 42.3 Å². The molecule has 0 fully saturated rings. The van der Waals surface area contributed by atoms with Gasteiger partial charge in [0.1, 0.15) is 0 Å². The van der Waals surface area contributed by atoms with Crippen LogP contribution in [0, 0.1) is 6.92 Å². The Balaban J connectivity index is 1.84. The zero-order chi connectivity index (χ0) is 18.5. The molecular weight excluding hydrogens is 408 g/mol. The summed E-state index contributed by atoms with van der Waals surface area (Å²) in [5.74, 6) is 1.94. The molecule has 2 aromatic carbocycles. The molecule has 0 aliphatic rings. The fraction of sp³-hybridized carbons (Fsp3) is 0.250. The average molecular weight is 429 g/mol. The Morgan fingerprint density at radius 3 is 2.54 bits per heavy atom. The van der Waals surface area contributed by atoms with Crippen LogP contribution in [0.25, 0.3) is 0 Å². The van der Waals surface area contributed by atoms with Gasteiger partial charge >= 0.3 is 0 Å². The van der Waals surface area contributed by atoms with Crippen LogP contribution in [0.2, 0.25) is 0 Å². The van der Waals surface area contributed by atoms with Gasteiger partial charge in [0.2, 0.25) is 5.16 Å². The van der Waals surface area contributed by atoms with Crippen LogP contribution < -0.4 is 0 Å². The van der Waals surface area contributed by atoms with E-state index in [0.717, 1.165) is 26.8 Å². The molecule has 3 aromatic rings. The van der Waals surface area contributed by atoms with Crippen molar-refractivity contribution in [2.75, 3.05) is 0 Å². The van der Waals surface area contributed by atoms with Gasteiger partial charge in [-0.2, -0.15) is 9.78 Å². The Morgan fingerprint density at radius 1 is 1.12 bits per heavy atom. The first kappa shape index (κ1) is 18.9. The van der Waals surface area contributed by atoms with Crippen molar-refractivity contribution in [1.29, 1.82) is 0 Å². The minimum Gasteiger partial charge on any atom is -0.191 e. The molecule has 0 saturated heterocycles. The molecule has 0 atom stereocenters. The zero-order valence-corrected chi connectivity index (χ0v) is 17.5. The smallest absolute Gasteiger partial charge is 0.191 e. The minimum atomic E-state index is 0.249. The molecular formula is C20H21BrN4S. The second kappa shape index (κ2) is 8.64. The number of benzene rings is 2. The van der Waals surface area contributed by atoms with Crippen LogP contribution in [0.5, 0.6) is 0 Å². The van der Waals surface area contributed by atoms with Crippen molar-refractivity contribution in [1.82, 2.24) is 14.9 Å². The van der Waals surface area contributed by atoms with Crippen LogP contribution in [0.15, 0.2) is 63.3 Å². The fourth-order valence-electron chi connectivity index (χ4n) is 2.42. The lowest BCUT2D eigenvalue weighted by atomic mass is 10.1. The molecule has 26 heavy (non-hydrogen) atoms. The summed E-state index contributed by atoms with van der Waals surface area (Å²) in [6.07, 6.45) is 1.88. The summed E-state index contributed by atoms with van der Waals surface area (Å²) in [6.45, 7) is 6.29. The SMILES string of the molecule is Cc1ccccc1/C=N\n1c(SCc2ccc(Br)cc2)nnc1C(C)C. The monoisotopic (exact) mass is 428 g/mol. The number of hydrogen-bond donors (Lipinski definition) is 0. The van der Waals surface area contributed by atoms with Crippen LogP contribution in [-0.4, -0.2) is 21.1 Å². The number of aryl methyl sites for hydroxylation is 1. The Kier molecular flexibility index (Phi) is 6.27. The number of rotatable bonds is 6. The second-order valence-electron chi connectivity index (χ2n) is 6.32. The van der Waals surface area contributed by atoms with Crippen LogP contribution in [0.3, 0.4) is 0 Å². The summed E-state index contributed by atoms with van der Waals surface area (Å²) in [6, 6.07) is 16.5. The molecule has 0 unspecified atom stereocenters. The summed E-state index contributed by atoms with van der Waals surface area (Å²) >= 11 is 5.11. The van der Waals surface area contributed by atoms with E-state index in [9.17, 15) is 0 Å². The minimum absolute atomic E-state index is 0.249. The summed E-state index contributed by atoms with van der Waals surface area (Å²) in [4.78, 5) is 0. The van der Waals surface area contributed by atoms with Gasteiger partial charge in [-0.15, -0.1) is 10.2 Å². The summed E-state index contributed by atoms with van der Waals surface area (Å²) in [7, 11) is 0. The second-order valence-corrected chi connectivity index (χ2v) is 8.18. The summed E-state index contributed by atoms with van der Waals surface area (Å²) < 4.78 is 2.94. The molecule has 0 bridgehead atoms. The highest BCUT2D eigenvalue weighted by atomic mass is 79.9. The third-order valence-electron chi connectivity index (χ3n) is 3.93. The van der Waals surface area contributed by atoms with Crippen LogP contribution in [0.4, 0.5) is 0 Å². The van der Waals surface area contributed by atoms with Crippen molar-refractivity contribution in [3.63, 3.8) is 0 Å². The third kappa shape index (κ3) is 4.62. The Morgan fingerprint density at radius 2 is 1.85 bits per heavy atom.